The average Bonchev–Trinajstić information content (AvgIpc) is 2.35. The molecule has 1 unspecified atom stereocenters. The fourth-order valence-corrected chi connectivity index (χ4v) is 2.12. The molecule has 1 heterocycles. The highest BCUT2D eigenvalue weighted by atomic mass is 16.6. The second-order valence-electron chi connectivity index (χ2n) is 4.78. The van der Waals surface area contributed by atoms with Gasteiger partial charge in [0, 0.05) is 0 Å². The number of hydrogen-bond donors (Lipinski definition) is 1. The van der Waals surface area contributed by atoms with Gasteiger partial charge < -0.3 is 14.6 Å². The number of hydrogen-bond acceptors (Lipinski definition) is 3. The first-order valence-electron chi connectivity index (χ1n) is 6.12. The van der Waals surface area contributed by atoms with Gasteiger partial charge in [0.25, 0.3) is 0 Å². The lowest BCUT2D eigenvalue weighted by molar-refractivity contribution is -0.141. The monoisotopic (exact) mass is 250 g/mol. The molecule has 0 radical (unpaired) electrons. The van der Waals surface area contributed by atoms with Crippen molar-refractivity contribution in [2.75, 3.05) is 13.2 Å². The molecule has 1 N–H and O–H groups in total. The van der Waals surface area contributed by atoms with Crippen LogP contribution >= 0.6 is 0 Å². The van der Waals surface area contributed by atoms with Crippen molar-refractivity contribution in [3.05, 3.63) is 22.8 Å². The van der Waals surface area contributed by atoms with E-state index in [0.29, 0.717) is 19.6 Å². The van der Waals surface area contributed by atoms with E-state index in [0.717, 1.165) is 28.2 Å². The first kappa shape index (κ1) is 12.7. The summed E-state index contributed by atoms with van der Waals surface area (Å²) in [5, 5.41) is 9.00. The second-order valence-corrected chi connectivity index (χ2v) is 4.78. The fourth-order valence-electron chi connectivity index (χ4n) is 2.12. The molecule has 1 aromatic carbocycles. The van der Waals surface area contributed by atoms with Crippen LogP contribution in [0.4, 0.5) is 0 Å². The van der Waals surface area contributed by atoms with Crippen molar-refractivity contribution in [2.45, 2.75) is 27.2 Å². The van der Waals surface area contributed by atoms with Crippen LogP contribution < -0.4 is 9.47 Å². The maximum absolute atomic E-state index is 11.0. The summed E-state index contributed by atoms with van der Waals surface area (Å²) in [7, 11) is 0. The summed E-state index contributed by atoms with van der Waals surface area (Å²) < 4.78 is 11.3. The minimum absolute atomic E-state index is 0.429. The standard InChI is InChI=1S/C14H18O4/c1-8-6-11(7-9(2)14(15)16)13-12(10(8)3)17-4-5-18-13/h6,9H,4-5,7H2,1-3H3,(H,15,16). The summed E-state index contributed by atoms with van der Waals surface area (Å²) in [6, 6.07) is 2.00. The fraction of sp³-hybridized carbons (Fsp3) is 0.500. The van der Waals surface area contributed by atoms with E-state index in [1.165, 1.54) is 0 Å². The van der Waals surface area contributed by atoms with Crippen molar-refractivity contribution < 1.29 is 19.4 Å². The number of aliphatic carboxylic acids is 1. The normalized spacial score (nSPS) is 15.3. The Kier molecular flexibility index (Phi) is 3.45. The number of ether oxygens (including phenoxy) is 2. The Labute approximate surface area is 107 Å². The van der Waals surface area contributed by atoms with Crippen LogP contribution in [0, 0.1) is 19.8 Å². The lowest BCUT2D eigenvalue weighted by Crippen LogP contribution is -2.20. The van der Waals surface area contributed by atoms with Gasteiger partial charge in [0.1, 0.15) is 13.2 Å². The quantitative estimate of drug-likeness (QED) is 0.894. The van der Waals surface area contributed by atoms with Crippen LogP contribution in [0.1, 0.15) is 23.6 Å². The molecule has 0 bridgehead atoms. The molecule has 0 aromatic heterocycles. The van der Waals surface area contributed by atoms with Gasteiger partial charge >= 0.3 is 5.97 Å². The molecule has 1 atom stereocenters. The number of fused-ring (bicyclic) bond motifs is 1. The first-order valence-corrected chi connectivity index (χ1v) is 6.12. The highest BCUT2D eigenvalue weighted by Gasteiger charge is 2.22. The molecule has 98 valence electrons. The van der Waals surface area contributed by atoms with Crippen molar-refractivity contribution in [3.8, 4) is 11.5 Å². The molecule has 1 aliphatic heterocycles. The van der Waals surface area contributed by atoms with E-state index in [-0.39, 0.29) is 0 Å². The molecule has 0 saturated heterocycles. The second kappa shape index (κ2) is 4.88. The van der Waals surface area contributed by atoms with Crippen LogP contribution in [0.2, 0.25) is 0 Å². The lowest BCUT2D eigenvalue weighted by Gasteiger charge is -2.24. The molecule has 1 aliphatic rings. The Morgan fingerprint density at radius 3 is 2.56 bits per heavy atom. The van der Waals surface area contributed by atoms with Crippen molar-refractivity contribution >= 4 is 5.97 Å². The van der Waals surface area contributed by atoms with Gasteiger partial charge in [-0.1, -0.05) is 13.0 Å². The number of rotatable bonds is 3. The smallest absolute Gasteiger partial charge is 0.306 e. The topological polar surface area (TPSA) is 55.8 Å². The summed E-state index contributed by atoms with van der Waals surface area (Å²) in [5.41, 5.74) is 3.09. The van der Waals surface area contributed by atoms with E-state index < -0.39 is 11.9 Å². The molecule has 18 heavy (non-hydrogen) atoms. The molecule has 1 aromatic rings. The highest BCUT2D eigenvalue weighted by Crippen LogP contribution is 2.39. The maximum atomic E-state index is 11.0. The number of benzene rings is 1. The van der Waals surface area contributed by atoms with Crippen molar-refractivity contribution in [3.63, 3.8) is 0 Å². The van der Waals surface area contributed by atoms with Crippen molar-refractivity contribution in [1.82, 2.24) is 0 Å². The summed E-state index contributed by atoms with van der Waals surface area (Å²) >= 11 is 0. The van der Waals surface area contributed by atoms with Crippen LogP contribution in [0.25, 0.3) is 0 Å². The summed E-state index contributed by atoms with van der Waals surface area (Å²) in [5.74, 6) is 0.270. The van der Waals surface area contributed by atoms with Gasteiger partial charge in [-0.25, -0.2) is 0 Å². The molecule has 0 amide bonds. The Hall–Kier alpha value is -1.71. The number of carboxylic acids is 1. The van der Waals surface area contributed by atoms with Crippen LogP contribution in [0.5, 0.6) is 11.5 Å². The van der Waals surface area contributed by atoms with Crippen LogP contribution in [-0.4, -0.2) is 24.3 Å². The Morgan fingerprint density at radius 2 is 1.94 bits per heavy atom. The number of carboxylic acid groups (broad SMARTS) is 1. The predicted molar refractivity (Wildman–Crippen MR) is 67.4 cm³/mol. The van der Waals surface area contributed by atoms with E-state index in [1.807, 2.05) is 19.9 Å². The predicted octanol–water partition coefficient (Wildman–Crippen LogP) is 2.34. The Morgan fingerprint density at radius 1 is 1.33 bits per heavy atom. The van der Waals surface area contributed by atoms with E-state index in [1.54, 1.807) is 6.92 Å². The van der Waals surface area contributed by atoms with Gasteiger partial charge in [-0.3, -0.25) is 4.79 Å². The van der Waals surface area contributed by atoms with Gasteiger partial charge in [-0.15, -0.1) is 0 Å². The Balaban J connectivity index is 2.41. The van der Waals surface area contributed by atoms with E-state index in [4.69, 9.17) is 14.6 Å². The third-order valence-electron chi connectivity index (χ3n) is 3.34. The van der Waals surface area contributed by atoms with Gasteiger partial charge in [0.2, 0.25) is 0 Å². The zero-order valence-electron chi connectivity index (χ0n) is 10.9. The maximum Gasteiger partial charge on any atom is 0.306 e. The van der Waals surface area contributed by atoms with Crippen molar-refractivity contribution in [2.24, 2.45) is 5.92 Å². The van der Waals surface area contributed by atoms with Crippen molar-refractivity contribution in [1.29, 1.82) is 0 Å². The molecule has 0 fully saturated rings. The summed E-state index contributed by atoms with van der Waals surface area (Å²) in [4.78, 5) is 11.0. The van der Waals surface area contributed by atoms with Gasteiger partial charge in [0.05, 0.1) is 5.92 Å². The molecule has 0 saturated carbocycles. The third kappa shape index (κ3) is 2.28. The zero-order chi connectivity index (χ0) is 13.3. The zero-order valence-corrected chi connectivity index (χ0v) is 10.9. The number of aryl methyl sites for hydroxylation is 1. The summed E-state index contributed by atoms with van der Waals surface area (Å²) in [6.45, 7) is 6.76. The third-order valence-corrected chi connectivity index (χ3v) is 3.34. The highest BCUT2D eigenvalue weighted by molar-refractivity contribution is 5.70. The molecular formula is C14H18O4. The van der Waals surface area contributed by atoms with Gasteiger partial charge in [-0.05, 0) is 37.0 Å². The van der Waals surface area contributed by atoms with Crippen LogP contribution in [0.3, 0.4) is 0 Å². The minimum Gasteiger partial charge on any atom is -0.486 e. The molecule has 2 rings (SSSR count). The molecule has 0 aliphatic carbocycles. The first-order chi connectivity index (χ1) is 8.50. The SMILES string of the molecule is Cc1cc(CC(C)C(=O)O)c2c(c1C)OCCO2. The molecule has 4 nitrogen and oxygen atoms in total. The molecule has 0 spiro atoms. The number of carbonyl (C=O) groups is 1. The van der Waals surface area contributed by atoms with Gasteiger partial charge in [0.15, 0.2) is 11.5 Å². The minimum atomic E-state index is -0.793. The van der Waals surface area contributed by atoms with Gasteiger partial charge in [-0.2, -0.15) is 0 Å². The lowest BCUT2D eigenvalue weighted by atomic mass is 9.95. The molecule has 4 heteroatoms. The van der Waals surface area contributed by atoms with E-state index in [2.05, 4.69) is 0 Å². The van der Waals surface area contributed by atoms with Crippen LogP contribution in [0.15, 0.2) is 6.07 Å². The Bertz CT molecular complexity index is 479. The summed E-state index contributed by atoms with van der Waals surface area (Å²) in [6.07, 6.45) is 0.460. The molecular weight excluding hydrogens is 232 g/mol. The van der Waals surface area contributed by atoms with E-state index >= 15 is 0 Å². The average molecular weight is 250 g/mol. The van der Waals surface area contributed by atoms with Crippen LogP contribution in [-0.2, 0) is 11.2 Å². The van der Waals surface area contributed by atoms with E-state index in [9.17, 15) is 4.79 Å². The largest absolute Gasteiger partial charge is 0.486 e.